The summed E-state index contributed by atoms with van der Waals surface area (Å²) in [5.41, 5.74) is 13.4. The van der Waals surface area contributed by atoms with Crippen LogP contribution in [0.3, 0.4) is 0 Å². The minimum Gasteiger partial charge on any atom is -0.456 e. The maximum absolute atomic E-state index is 6.32. The Morgan fingerprint density at radius 2 is 1.13 bits per heavy atom. The van der Waals surface area contributed by atoms with Crippen LogP contribution in [0.5, 0.6) is 0 Å². The number of para-hydroxylation sites is 1. The molecule has 2 heterocycles. The molecule has 0 atom stereocenters. The second-order valence-corrected chi connectivity index (χ2v) is 12.8. The van der Waals surface area contributed by atoms with Gasteiger partial charge < -0.3 is 4.42 Å². The minimum absolute atomic E-state index is 0.242. The van der Waals surface area contributed by atoms with E-state index in [1.165, 1.54) is 38.8 Å². The van der Waals surface area contributed by atoms with Crippen LogP contribution >= 0.6 is 0 Å². The first-order chi connectivity index (χ1) is 23.1. The Morgan fingerprint density at radius 3 is 1.79 bits per heavy atom. The molecule has 0 bridgehead atoms. The van der Waals surface area contributed by atoms with E-state index in [1.54, 1.807) is 0 Å². The Hall–Kier alpha value is -5.93. The first-order valence-electron chi connectivity index (χ1n) is 16.1. The molecule has 0 N–H and O–H groups in total. The summed E-state index contributed by atoms with van der Waals surface area (Å²) in [7, 11) is 0. The standard InChI is InChI=1S/C44H32N2O/c1-44(2)38-28-45-41(27-37(38)35-23-24-40-42(43(35)44)36-21-9-10-22-39(36)47-40)46(33-19-11-17-31(25-33)29-13-5-3-6-14-29)34-20-12-18-32(26-34)30-15-7-4-8-16-30/h3-28H,1-2H3. The van der Waals surface area contributed by atoms with Crippen molar-refractivity contribution in [3.63, 3.8) is 0 Å². The van der Waals surface area contributed by atoms with E-state index in [-0.39, 0.29) is 5.41 Å². The van der Waals surface area contributed by atoms with Gasteiger partial charge in [-0.3, -0.25) is 4.90 Å². The maximum atomic E-state index is 6.32. The van der Waals surface area contributed by atoms with E-state index >= 15 is 0 Å². The van der Waals surface area contributed by atoms with Crippen LogP contribution in [-0.2, 0) is 5.41 Å². The predicted molar refractivity (Wildman–Crippen MR) is 195 cm³/mol. The van der Waals surface area contributed by atoms with Crippen molar-refractivity contribution in [3.8, 4) is 33.4 Å². The molecule has 1 aliphatic carbocycles. The zero-order valence-corrected chi connectivity index (χ0v) is 26.3. The Kier molecular flexibility index (Phi) is 6.16. The van der Waals surface area contributed by atoms with Crippen molar-refractivity contribution in [2.45, 2.75) is 19.3 Å². The average molecular weight is 605 g/mol. The number of hydrogen-bond acceptors (Lipinski definition) is 3. The van der Waals surface area contributed by atoms with E-state index in [1.807, 2.05) is 6.07 Å². The highest BCUT2D eigenvalue weighted by Gasteiger charge is 2.39. The molecule has 0 radical (unpaired) electrons. The van der Waals surface area contributed by atoms with E-state index < -0.39 is 0 Å². The van der Waals surface area contributed by atoms with Gasteiger partial charge in [0.1, 0.15) is 17.0 Å². The van der Waals surface area contributed by atoms with Crippen molar-refractivity contribution in [1.82, 2.24) is 4.98 Å². The van der Waals surface area contributed by atoms with Crippen LogP contribution in [0.25, 0.3) is 55.3 Å². The molecule has 2 aromatic heterocycles. The van der Waals surface area contributed by atoms with Crippen LogP contribution in [0.2, 0.25) is 0 Å². The Balaban J connectivity index is 1.25. The molecule has 3 nitrogen and oxygen atoms in total. The summed E-state index contributed by atoms with van der Waals surface area (Å²) in [5.74, 6) is 0.875. The van der Waals surface area contributed by atoms with Crippen molar-refractivity contribution >= 4 is 39.1 Å². The van der Waals surface area contributed by atoms with E-state index in [0.29, 0.717) is 0 Å². The molecule has 9 rings (SSSR count). The lowest BCUT2D eigenvalue weighted by Gasteiger charge is -2.27. The fourth-order valence-corrected chi connectivity index (χ4v) is 7.44. The van der Waals surface area contributed by atoms with Crippen LogP contribution in [0, 0.1) is 0 Å². The highest BCUT2D eigenvalue weighted by atomic mass is 16.3. The monoisotopic (exact) mass is 604 g/mol. The van der Waals surface area contributed by atoms with Gasteiger partial charge in [-0.25, -0.2) is 4.98 Å². The Morgan fingerprint density at radius 1 is 0.532 bits per heavy atom. The number of benzene rings is 6. The van der Waals surface area contributed by atoms with Crippen molar-refractivity contribution in [1.29, 1.82) is 0 Å². The lowest BCUT2D eigenvalue weighted by Crippen LogP contribution is -2.17. The first-order valence-corrected chi connectivity index (χ1v) is 16.1. The summed E-state index contributed by atoms with van der Waals surface area (Å²) < 4.78 is 6.32. The van der Waals surface area contributed by atoms with Crippen molar-refractivity contribution in [2.75, 3.05) is 4.90 Å². The molecule has 0 unspecified atom stereocenters. The van der Waals surface area contributed by atoms with Crippen LogP contribution in [-0.4, -0.2) is 4.98 Å². The third-order valence-electron chi connectivity index (χ3n) is 9.67. The lowest BCUT2D eigenvalue weighted by atomic mass is 9.81. The van der Waals surface area contributed by atoms with Gasteiger partial charge in [0.15, 0.2) is 0 Å². The molecular weight excluding hydrogens is 572 g/mol. The SMILES string of the molecule is CC1(C)c2cnc(N(c3cccc(-c4ccccc4)c3)c3cccc(-c4ccccc4)c3)cc2-c2ccc3oc4ccccc4c3c21. The molecule has 47 heavy (non-hydrogen) atoms. The summed E-state index contributed by atoms with van der Waals surface area (Å²) in [5, 5.41) is 2.36. The zero-order valence-electron chi connectivity index (χ0n) is 26.3. The zero-order chi connectivity index (χ0) is 31.5. The Labute approximate surface area is 274 Å². The largest absolute Gasteiger partial charge is 0.456 e. The summed E-state index contributed by atoms with van der Waals surface area (Å²) in [6.07, 6.45) is 2.09. The van der Waals surface area contributed by atoms with E-state index in [9.17, 15) is 0 Å². The van der Waals surface area contributed by atoms with E-state index in [2.05, 4.69) is 171 Å². The van der Waals surface area contributed by atoms with Gasteiger partial charge in [0, 0.05) is 33.8 Å². The van der Waals surface area contributed by atoms with E-state index in [0.717, 1.165) is 44.9 Å². The van der Waals surface area contributed by atoms with Gasteiger partial charge in [-0.15, -0.1) is 0 Å². The summed E-state index contributed by atoms with van der Waals surface area (Å²) in [4.78, 5) is 7.51. The van der Waals surface area contributed by atoms with Crippen LogP contribution in [0.15, 0.2) is 162 Å². The van der Waals surface area contributed by atoms with Gasteiger partial charge in [0.2, 0.25) is 0 Å². The quantitative estimate of drug-likeness (QED) is 0.196. The molecule has 1 aliphatic rings. The molecule has 0 saturated carbocycles. The normalized spacial score (nSPS) is 13.1. The number of furan rings is 1. The summed E-state index contributed by atoms with van der Waals surface area (Å²) >= 11 is 0. The van der Waals surface area contributed by atoms with Crippen LogP contribution in [0.1, 0.15) is 25.0 Å². The second kappa shape index (κ2) is 10.6. The molecule has 0 amide bonds. The molecule has 8 aromatic rings. The smallest absolute Gasteiger partial charge is 0.138 e. The third kappa shape index (κ3) is 4.39. The first kappa shape index (κ1) is 27.4. The van der Waals surface area contributed by atoms with E-state index in [4.69, 9.17) is 9.40 Å². The minimum atomic E-state index is -0.242. The fourth-order valence-electron chi connectivity index (χ4n) is 7.44. The van der Waals surface area contributed by atoms with Gasteiger partial charge in [0.25, 0.3) is 0 Å². The topological polar surface area (TPSA) is 29.3 Å². The molecule has 0 aliphatic heterocycles. The van der Waals surface area contributed by atoms with Gasteiger partial charge in [-0.2, -0.15) is 0 Å². The second-order valence-electron chi connectivity index (χ2n) is 12.8. The number of fused-ring (bicyclic) bond motifs is 7. The molecule has 0 fully saturated rings. The number of pyridine rings is 1. The number of hydrogen-bond donors (Lipinski definition) is 0. The summed E-state index contributed by atoms with van der Waals surface area (Å²) in [6.45, 7) is 4.62. The summed E-state index contributed by atoms with van der Waals surface area (Å²) in [6, 6.07) is 53.6. The fraction of sp³-hybridized carbons (Fsp3) is 0.0682. The average Bonchev–Trinajstić information content (AvgIpc) is 3.61. The molecule has 224 valence electrons. The highest BCUT2D eigenvalue weighted by molar-refractivity contribution is 6.11. The molecule has 3 heteroatoms. The number of aromatic nitrogens is 1. The maximum Gasteiger partial charge on any atom is 0.138 e. The van der Waals surface area contributed by atoms with Gasteiger partial charge >= 0.3 is 0 Å². The Bertz CT molecular complexity index is 2360. The molecule has 0 spiro atoms. The predicted octanol–water partition coefficient (Wildman–Crippen LogP) is 12.1. The van der Waals surface area contributed by atoms with Crippen molar-refractivity contribution in [2.24, 2.45) is 0 Å². The third-order valence-corrected chi connectivity index (χ3v) is 9.67. The molecule has 6 aromatic carbocycles. The van der Waals surface area contributed by atoms with Crippen LogP contribution < -0.4 is 4.90 Å². The van der Waals surface area contributed by atoms with Crippen molar-refractivity contribution < 1.29 is 4.42 Å². The highest BCUT2D eigenvalue weighted by Crippen LogP contribution is 2.54. The molecule has 0 saturated heterocycles. The van der Waals surface area contributed by atoms with Gasteiger partial charge in [-0.1, -0.05) is 123 Å². The number of nitrogens with zero attached hydrogens (tertiary/aromatic N) is 2. The van der Waals surface area contributed by atoms with Crippen LogP contribution in [0.4, 0.5) is 17.2 Å². The number of anilines is 3. The van der Waals surface area contributed by atoms with Gasteiger partial charge in [-0.05, 0) is 87.0 Å². The number of rotatable bonds is 5. The van der Waals surface area contributed by atoms with Crippen molar-refractivity contribution in [3.05, 3.63) is 169 Å². The lowest BCUT2D eigenvalue weighted by molar-refractivity contribution is 0.655. The van der Waals surface area contributed by atoms with Gasteiger partial charge in [0.05, 0.1) is 0 Å². The molecular formula is C44H32N2O.